The summed E-state index contributed by atoms with van der Waals surface area (Å²) in [5, 5.41) is 2.88. The van der Waals surface area contributed by atoms with Crippen molar-refractivity contribution in [1.29, 1.82) is 0 Å². The molecule has 1 amide bonds. The molecule has 2 heterocycles. The normalized spacial score (nSPS) is 16.7. The molecule has 6 heteroatoms. The van der Waals surface area contributed by atoms with E-state index in [1.807, 2.05) is 18.3 Å². The number of hydrogen-bond donors (Lipinski definition) is 1. The van der Waals surface area contributed by atoms with Gasteiger partial charge in [-0.05, 0) is 32.0 Å². The minimum atomic E-state index is -0.456. The van der Waals surface area contributed by atoms with E-state index in [1.54, 1.807) is 13.0 Å². The molecule has 1 aliphatic heterocycles. The van der Waals surface area contributed by atoms with Crippen LogP contribution in [0.5, 0.6) is 0 Å². The van der Waals surface area contributed by atoms with Crippen LogP contribution >= 0.6 is 0 Å². The van der Waals surface area contributed by atoms with E-state index in [0.29, 0.717) is 13.2 Å². The standard InChI is InChI=1S/C18H28N4O2/c1-4-5-12-24-15(2)18(23)20-14-16-6-7-17(19-13-16)22-10-8-21(3)9-11-22/h4,6-7,13,15H,1,5,8-12,14H2,2-3H3,(H,20,23). The van der Waals surface area contributed by atoms with Gasteiger partial charge in [0.1, 0.15) is 11.9 Å². The number of amides is 1. The number of nitrogens with one attached hydrogen (secondary N) is 1. The van der Waals surface area contributed by atoms with Crippen LogP contribution in [-0.2, 0) is 16.1 Å². The molecule has 0 saturated carbocycles. The van der Waals surface area contributed by atoms with Gasteiger partial charge in [-0.25, -0.2) is 4.98 Å². The molecule has 0 aliphatic carbocycles. The summed E-state index contributed by atoms with van der Waals surface area (Å²) in [5.74, 6) is 0.890. The van der Waals surface area contributed by atoms with E-state index < -0.39 is 6.10 Å². The number of pyridine rings is 1. The highest BCUT2D eigenvalue weighted by Crippen LogP contribution is 2.13. The second-order valence-corrected chi connectivity index (χ2v) is 6.12. The molecular formula is C18H28N4O2. The average molecular weight is 332 g/mol. The Hall–Kier alpha value is -1.92. The second-order valence-electron chi connectivity index (χ2n) is 6.12. The smallest absolute Gasteiger partial charge is 0.249 e. The van der Waals surface area contributed by atoms with Gasteiger partial charge in [0.15, 0.2) is 0 Å². The number of hydrogen-bond acceptors (Lipinski definition) is 5. The van der Waals surface area contributed by atoms with Gasteiger partial charge in [0, 0.05) is 38.9 Å². The summed E-state index contributed by atoms with van der Waals surface area (Å²) in [5.41, 5.74) is 0.986. The number of anilines is 1. The Kier molecular flexibility index (Phi) is 7.21. The molecule has 1 unspecified atom stereocenters. The molecule has 1 aromatic rings. The third kappa shape index (κ3) is 5.62. The highest BCUT2D eigenvalue weighted by atomic mass is 16.5. The highest BCUT2D eigenvalue weighted by molar-refractivity contribution is 5.80. The van der Waals surface area contributed by atoms with Crippen LogP contribution in [0.4, 0.5) is 5.82 Å². The van der Waals surface area contributed by atoms with Crippen LogP contribution in [0.3, 0.4) is 0 Å². The fraction of sp³-hybridized carbons (Fsp3) is 0.556. The Balaban J connectivity index is 1.77. The van der Waals surface area contributed by atoms with Gasteiger partial charge in [-0.1, -0.05) is 12.1 Å². The quantitative estimate of drug-likeness (QED) is 0.576. The molecule has 0 bridgehead atoms. The number of carbonyl (C=O) groups is 1. The molecule has 1 fully saturated rings. The van der Waals surface area contributed by atoms with Gasteiger partial charge in [0.25, 0.3) is 0 Å². The second kappa shape index (κ2) is 9.39. The topological polar surface area (TPSA) is 57.7 Å². The first kappa shape index (κ1) is 18.4. The zero-order chi connectivity index (χ0) is 17.4. The predicted octanol–water partition coefficient (Wildman–Crippen LogP) is 1.43. The summed E-state index contributed by atoms with van der Waals surface area (Å²) in [6.07, 6.45) is 3.90. The van der Waals surface area contributed by atoms with Crippen LogP contribution in [0, 0.1) is 0 Å². The van der Waals surface area contributed by atoms with Gasteiger partial charge in [-0.3, -0.25) is 4.79 Å². The number of likely N-dealkylation sites (N-methyl/N-ethyl adjacent to an activating group) is 1. The van der Waals surface area contributed by atoms with Crippen molar-refractivity contribution in [3.05, 3.63) is 36.5 Å². The Morgan fingerprint density at radius 3 is 2.79 bits per heavy atom. The maximum absolute atomic E-state index is 12.0. The lowest BCUT2D eigenvalue weighted by Crippen LogP contribution is -2.44. The van der Waals surface area contributed by atoms with E-state index in [0.717, 1.165) is 44.0 Å². The Morgan fingerprint density at radius 2 is 2.17 bits per heavy atom. The van der Waals surface area contributed by atoms with Gasteiger partial charge in [0.2, 0.25) is 5.91 Å². The lowest BCUT2D eigenvalue weighted by atomic mass is 10.2. The van der Waals surface area contributed by atoms with Gasteiger partial charge in [-0.2, -0.15) is 0 Å². The maximum atomic E-state index is 12.0. The Labute approximate surface area is 144 Å². The number of piperazine rings is 1. The third-order valence-electron chi connectivity index (χ3n) is 4.16. The van der Waals surface area contributed by atoms with E-state index in [4.69, 9.17) is 4.74 Å². The minimum Gasteiger partial charge on any atom is -0.368 e. The molecule has 24 heavy (non-hydrogen) atoms. The number of aromatic nitrogens is 1. The van der Waals surface area contributed by atoms with E-state index in [1.165, 1.54) is 0 Å². The summed E-state index contributed by atoms with van der Waals surface area (Å²) in [7, 11) is 2.14. The number of ether oxygens (including phenoxy) is 1. The van der Waals surface area contributed by atoms with Gasteiger partial charge in [0.05, 0.1) is 6.61 Å². The lowest BCUT2D eigenvalue weighted by Gasteiger charge is -2.33. The summed E-state index contributed by atoms with van der Waals surface area (Å²) in [4.78, 5) is 21.1. The first-order valence-electron chi connectivity index (χ1n) is 8.49. The first-order valence-corrected chi connectivity index (χ1v) is 8.49. The number of carbonyl (C=O) groups excluding carboxylic acids is 1. The SMILES string of the molecule is C=CCCOC(C)C(=O)NCc1ccc(N2CCN(C)CC2)nc1. The van der Waals surface area contributed by atoms with Gasteiger partial charge < -0.3 is 19.9 Å². The van der Waals surface area contributed by atoms with E-state index in [2.05, 4.69) is 33.7 Å². The summed E-state index contributed by atoms with van der Waals surface area (Å²) >= 11 is 0. The maximum Gasteiger partial charge on any atom is 0.249 e. The largest absolute Gasteiger partial charge is 0.368 e. The predicted molar refractivity (Wildman–Crippen MR) is 96.0 cm³/mol. The summed E-state index contributed by atoms with van der Waals surface area (Å²) in [6.45, 7) is 10.5. The first-order chi connectivity index (χ1) is 11.6. The molecule has 0 radical (unpaired) electrons. The third-order valence-corrected chi connectivity index (χ3v) is 4.16. The van der Waals surface area contributed by atoms with Crippen molar-refractivity contribution in [2.45, 2.75) is 26.0 Å². The fourth-order valence-corrected chi connectivity index (χ4v) is 2.48. The monoisotopic (exact) mass is 332 g/mol. The molecular weight excluding hydrogens is 304 g/mol. The average Bonchev–Trinajstić information content (AvgIpc) is 2.61. The number of rotatable bonds is 8. The molecule has 0 spiro atoms. The molecule has 6 nitrogen and oxygen atoms in total. The van der Waals surface area contributed by atoms with E-state index in [-0.39, 0.29) is 5.91 Å². The van der Waals surface area contributed by atoms with Crippen LogP contribution in [0.15, 0.2) is 31.0 Å². The molecule has 2 rings (SSSR count). The number of nitrogens with zero attached hydrogens (tertiary/aromatic N) is 3. The molecule has 1 saturated heterocycles. The van der Waals surface area contributed by atoms with Gasteiger partial charge >= 0.3 is 0 Å². The molecule has 1 aromatic heterocycles. The van der Waals surface area contributed by atoms with Crippen LogP contribution < -0.4 is 10.2 Å². The van der Waals surface area contributed by atoms with Crippen molar-refractivity contribution in [3.8, 4) is 0 Å². The van der Waals surface area contributed by atoms with Crippen molar-refractivity contribution in [2.24, 2.45) is 0 Å². The zero-order valence-corrected chi connectivity index (χ0v) is 14.7. The van der Waals surface area contributed by atoms with Crippen molar-refractivity contribution in [3.63, 3.8) is 0 Å². The van der Waals surface area contributed by atoms with Crippen molar-refractivity contribution < 1.29 is 9.53 Å². The molecule has 1 N–H and O–H groups in total. The zero-order valence-electron chi connectivity index (χ0n) is 14.7. The van der Waals surface area contributed by atoms with Crippen LogP contribution in [-0.4, -0.2) is 61.7 Å². The van der Waals surface area contributed by atoms with Crippen LogP contribution in [0.1, 0.15) is 18.9 Å². The van der Waals surface area contributed by atoms with E-state index >= 15 is 0 Å². The lowest BCUT2D eigenvalue weighted by molar-refractivity contribution is -0.131. The molecule has 1 aliphatic rings. The summed E-state index contributed by atoms with van der Waals surface area (Å²) in [6, 6.07) is 4.04. The Bertz CT molecular complexity index is 524. The van der Waals surface area contributed by atoms with Gasteiger partial charge in [-0.15, -0.1) is 6.58 Å². The van der Waals surface area contributed by atoms with Crippen LogP contribution in [0.25, 0.3) is 0 Å². The molecule has 0 aromatic carbocycles. The molecule has 132 valence electrons. The van der Waals surface area contributed by atoms with Crippen molar-refractivity contribution >= 4 is 11.7 Å². The van der Waals surface area contributed by atoms with Crippen LogP contribution in [0.2, 0.25) is 0 Å². The van der Waals surface area contributed by atoms with E-state index in [9.17, 15) is 4.79 Å². The Morgan fingerprint density at radius 1 is 1.42 bits per heavy atom. The fourth-order valence-electron chi connectivity index (χ4n) is 2.48. The highest BCUT2D eigenvalue weighted by Gasteiger charge is 2.15. The molecule has 1 atom stereocenters. The van der Waals surface area contributed by atoms with Crippen molar-refractivity contribution in [2.75, 3.05) is 44.7 Å². The minimum absolute atomic E-state index is 0.109. The summed E-state index contributed by atoms with van der Waals surface area (Å²) < 4.78 is 5.43. The van der Waals surface area contributed by atoms with Crippen molar-refractivity contribution in [1.82, 2.24) is 15.2 Å².